The topological polar surface area (TPSA) is 38.1 Å². The summed E-state index contributed by atoms with van der Waals surface area (Å²) >= 11 is 9.34. The predicted molar refractivity (Wildman–Crippen MR) is 67.7 cm³/mol. The molecule has 0 aliphatic carbocycles. The number of furan rings is 1. The summed E-state index contributed by atoms with van der Waals surface area (Å²) < 4.78 is 5.92. The molecule has 2 aromatic rings. The number of nitrogens with one attached hydrogen (secondary N) is 1. The van der Waals surface area contributed by atoms with Gasteiger partial charge in [0.1, 0.15) is 0 Å². The summed E-state index contributed by atoms with van der Waals surface area (Å²) in [6, 6.07) is 3.93. The normalized spacial score (nSPS) is 12.4. The second-order valence-electron chi connectivity index (χ2n) is 3.41. The Bertz CT molecular complexity index is 473. The fourth-order valence-electron chi connectivity index (χ4n) is 1.36. The SMILES string of the molecule is CC(Nc1cc(Br)cnc1Cl)c1ccoc1. The van der Waals surface area contributed by atoms with Crippen LogP contribution in [0.2, 0.25) is 5.15 Å². The summed E-state index contributed by atoms with van der Waals surface area (Å²) in [6.45, 7) is 2.03. The number of pyridine rings is 1. The molecule has 0 bridgehead atoms. The lowest BCUT2D eigenvalue weighted by molar-refractivity contribution is 0.562. The average molecular weight is 302 g/mol. The number of aromatic nitrogens is 1. The molecule has 16 heavy (non-hydrogen) atoms. The molecule has 2 heterocycles. The molecule has 0 amide bonds. The second-order valence-corrected chi connectivity index (χ2v) is 4.69. The van der Waals surface area contributed by atoms with Gasteiger partial charge in [0.15, 0.2) is 5.15 Å². The molecule has 0 aliphatic rings. The Labute approximate surface area is 107 Å². The number of nitrogens with zero attached hydrogens (tertiary/aromatic N) is 1. The van der Waals surface area contributed by atoms with Crippen molar-refractivity contribution in [2.45, 2.75) is 13.0 Å². The van der Waals surface area contributed by atoms with E-state index in [0.29, 0.717) is 5.15 Å². The van der Waals surface area contributed by atoms with Crippen molar-refractivity contribution in [2.75, 3.05) is 5.32 Å². The van der Waals surface area contributed by atoms with Crippen molar-refractivity contribution in [3.63, 3.8) is 0 Å². The zero-order valence-electron chi connectivity index (χ0n) is 8.58. The van der Waals surface area contributed by atoms with Gasteiger partial charge in [0.25, 0.3) is 0 Å². The van der Waals surface area contributed by atoms with Crippen molar-refractivity contribution < 1.29 is 4.42 Å². The summed E-state index contributed by atoms with van der Waals surface area (Å²) in [6.07, 6.45) is 5.02. The van der Waals surface area contributed by atoms with Gasteiger partial charge in [-0.3, -0.25) is 0 Å². The Hall–Kier alpha value is -1.00. The fourth-order valence-corrected chi connectivity index (χ4v) is 1.85. The van der Waals surface area contributed by atoms with Crippen LogP contribution in [0.15, 0.2) is 39.7 Å². The lowest BCUT2D eigenvalue weighted by Gasteiger charge is -2.14. The third kappa shape index (κ3) is 2.57. The molecule has 2 aromatic heterocycles. The molecule has 1 N–H and O–H groups in total. The van der Waals surface area contributed by atoms with E-state index in [4.69, 9.17) is 16.0 Å². The predicted octanol–water partition coefficient (Wildman–Crippen LogP) is 4.26. The van der Waals surface area contributed by atoms with E-state index in [9.17, 15) is 0 Å². The zero-order valence-corrected chi connectivity index (χ0v) is 10.9. The molecule has 0 fully saturated rings. The summed E-state index contributed by atoms with van der Waals surface area (Å²) in [4.78, 5) is 4.05. The van der Waals surface area contributed by atoms with Gasteiger partial charge in [-0.2, -0.15) is 0 Å². The molecule has 0 radical (unpaired) electrons. The summed E-state index contributed by atoms with van der Waals surface area (Å²) in [5.41, 5.74) is 1.86. The van der Waals surface area contributed by atoms with E-state index < -0.39 is 0 Å². The number of hydrogen-bond acceptors (Lipinski definition) is 3. The molecule has 0 saturated heterocycles. The van der Waals surface area contributed by atoms with Crippen molar-refractivity contribution in [3.8, 4) is 0 Å². The number of halogens is 2. The molecular formula is C11H10BrClN2O. The summed E-state index contributed by atoms with van der Waals surface area (Å²) in [7, 11) is 0. The Morgan fingerprint density at radius 1 is 1.56 bits per heavy atom. The van der Waals surface area contributed by atoms with Gasteiger partial charge in [-0.05, 0) is 35.0 Å². The van der Waals surface area contributed by atoms with E-state index in [0.717, 1.165) is 15.7 Å². The molecule has 0 spiro atoms. The fraction of sp³-hybridized carbons (Fsp3) is 0.182. The van der Waals surface area contributed by atoms with Gasteiger partial charge in [-0.15, -0.1) is 0 Å². The largest absolute Gasteiger partial charge is 0.472 e. The Morgan fingerprint density at radius 2 is 2.38 bits per heavy atom. The van der Waals surface area contributed by atoms with Crippen LogP contribution < -0.4 is 5.32 Å². The smallest absolute Gasteiger partial charge is 0.152 e. The van der Waals surface area contributed by atoms with Crippen molar-refractivity contribution in [1.82, 2.24) is 4.98 Å². The van der Waals surface area contributed by atoms with Crippen LogP contribution in [0.3, 0.4) is 0 Å². The Morgan fingerprint density at radius 3 is 3.06 bits per heavy atom. The van der Waals surface area contributed by atoms with Gasteiger partial charge in [0.05, 0.1) is 24.3 Å². The van der Waals surface area contributed by atoms with Crippen molar-refractivity contribution in [3.05, 3.63) is 46.0 Å². The maximum atomic E-state index is 5.98. The molecule has 5 heteroatoms. The highest BCUT2D eigenvalue weighted by atomic mass is 79.9. The molecule has 84 valence electrons. The van der Waals surface area contributed by atoms with Gasteiger partial charge >= 0.3 is 0 Å². The quantitative estimate of drug-likeness (QED) is 0.861. The van der Waals surface area contributed by atoms with E-state index in [1.807, 2.05) is 19.1 Å². The van der Waals surface area contributed by atoms with E-state index in [-0.39, 0.29) is 6.04 Å². The first kappa shape index (κ1) is 11.5. The molecule has 0 aromatic carbocycles. The Kier molecular flexibility index (Phi) is 3.51. The molecule has 1 atom stereocenters. The Balaban J connectivity index is 2.17. The van der Waals surface area contributed by atoms with Crippen LogP contribution in [0.1, 0.15) is 18.5 Å². The average Bonchev–Trinajstić information content (AvgIpc) is 2.76. The first-order chi connectivity index (χ1) is 7.66. The molecule has 0 saturated carbocycles. The standard InChI is InChI=1S/C11H10BrClN2O/c1-7(8-2-3-16-6-8)15-10-4-9(12)5-14-11(10)13/h2-7,15H,1H3. The van der Waals surface area contributed by atoms with Gasteiger partial charge in [-0.25, -0.2) is 4.98 Å². The summed E-state index contributed by atoms with van der Waals surface area (Å²) in [5.74, 6) is 0. The van der Waals surface area contributed by atoms with E-state index in [1.54, 1.807) is 18.7 Å². The van der Waals surface area contributed by atoms with Crippen LogP contribution in [0, 0.1) is 0 Å². The molecule has 1 unspecified atom stereocenters. The van der Waals surface area contributed by atoms with Gasteiger partial charge in [0.2, 0.25) is 0 Å². The van der Waals surface area contributed by atoms with E-state index in [2.05, 4.69) is 26.2 Å². The minimum absolute atomic E-state index is 0.118. The van der Waals surface area contributed by atoms with Crippen LogP contribution in [-0.4, -0.2) is 4.98 Å². The van der Waals surface area contributed by atoms with E-state index >= 15 is 0 Å². The second kappa shape index (κ2) is 4.89. The third-order valence-electron chi connectivity index (χ3n) is 2.22. The van der Waals surface area contributed by atoms with E-state index in [1.165, 1.54) is 0 Å². The van der Waals surface area contributed by atoms with Crippen molar-refractivity contribution in [1.29, 1.82) is 0 Å². The van der Waals surface area contributed by atoms with Crippen LogP contribution >= 0.6 is 27.5 Å². The van der Waals surface area contributed by atoms with Crippen LogP contribution in [0.4, 0.5) is 5.69 Å². The monoisotopic (exact) mass is 300 g/mol. The number of rotatable bonds is 3. The zero-order chi connectivity index (χ0) is 11.5. The maximum absolute atomic E-state index is 5.98. The minimum Gasteiger partial charge on any atom is -0.472 e. The van der Waals surface area contributed by atoms with Crippen molar-refractivity contribution >= 4 is 33.2 Å². The third-order valence-corrected chi connectivity index (χ3v) is 2.96. The number of anilines is 1. The summed E-state index contributed by atoms with van der Waals surface area (Å²) in [5, 5.41) is 3.73. The highest BCUT2D eigenvalue weighted by molar-refractivity contribution is 9.10. The van der Waals surface area contributed by atoms with Gasteiger partial charge in [0, 0.05) is 16.2 Å². The van der Waals surface area contributed by atoms with Crippen molar-refractivity contribution in [2.24, 2.45) is 0 Å². The van der Waals surface area contributed by atoms with Gasteiger partial charge < -0.3 is 9.73 Å². The first-order valence-corrected chi connectivity index (χ1v) is 5.93. The highest BCUT2D eigenvalue weighted by Crippen LogP contribution is 2.27. The van der Waals surface area contributed by atoms with Crippen LogP contribution in [0.5, 0.6) is 0 Å². The van der Waals surface area contributed by atoms with Crippen LogP contribution in [0.25, 0.3) is 0 Å². The minimum atomic E-state index is 0.118. The first-order valence-electron chi connectivity index (χ1n) is 4.76. The molecule has 3 nitrogen and oxygen atoms in total. The van der Waals surface area contributed by atoms with Crippen LogP contribution in [-0.2, 0) is 0 Å². The lowest BCUT2D eigenvalue weighted by atomic mass is 10.2. The maximum Gasteiger partial charge on any atom is 0.152 e. The van der Waals surface area contributed by atoms with Gasteiger partial charge in [-0.1, -0.05) is 11.6 Å². The lowest BCUT2D eigenvalue weighted by Crippen LogP contribution is -2.06. The highest BCUT2D eigenvalue weighted by Gasteiger charge is 2.09. The molecule has 2 rings (SSSR count). The molecule has 0 aliphatic heterocycles. The molecular weight excluding hydrogens is 291 g/mol. The number of hydrogen-bond donors (Lipinski definition) is 1.